The van der Waals surface area contributed by atoms with Crippen molar-refractivity contribution in [3.8, 4) is 0 Å². The molecule has 0 aromatic rings. The molecule has 2 aliphatic carbocycles. The van der Waals surface area contributed by atoms with Crippen molar-refractivity contribution >= 4 is 5.91 Å². The zero-order valence-electron chi connectivity index (χ0n) is 9.08. The van der Waals surface area contributed by atoms with Crippen LogP contribution < -0.4 is 11.2 Å². The fraction of sp³-hybridized carbons (Fsp3) is 0.909. The Morgan fingerprint density at radius 2 is 1.80 bits per heavy atom. The monoisotopic (exact) mass is 212 g/mol. The second-order valence-corrected chi connectivity index (χ2v) is 4.75. The predicted molar refractivity (Wildman–Crippen MR) is 56.8 cm³/mol. The highest BCUT2D eigenvalue weighted by molar-refractivity contribution is 5.78. The third-order valence-electron chi connectivity index (χ3n) is 3.52. The van der Waals surface area contributed by atoms with E-state index in [1.165, 1.54) is 6.42 Å². The van der Waals surface area contributed by atoms with Crippen molar-refractivity contribution in [2.75, 3.05) is 0 Å². The highest BCUT2D eigenvalue weighted by Crippen LogP contribution is 2.26. The van der Waals surface area contributed by atoms with Gasteiger partial charge in [-0.15, -0.1) is 0 Å². The summed E-state index contributed by atoms with van der Waals surface area (Å²) in [4.78, 5) is 16.9. The van der Waals surface area contributed by atoms with Crippen LogP contribution in [0.1, 0.15) is 44.9 Å². The van der Waals surface area contributed by atoms with Crippen molar-refractivity contribution in [3.05, 3.63) is 0 Å². The minimum Gasteiger partial charge on any atom is -0.328 e. The van der Waals surface area contributed by atoms with Gasteiger partial charge in [-0.3, -0.25) is 9.63 Å². The number of hydrogen-bond donors (Lipinski definition) is 2. The van der Waals surface area contributed by atoms with Crippen molar-refractivity contribution in [2.24, 2.45) is 11.7 Å². The molecule has 0 aromatic heterocycles. The largest absolute Gasteiger partial charge is 0.328 e. The van der Waals surface area contributed by atoms with Crippen LogP contribution >= 0.6 is 0 Å². The smallest absolute Gasteiger partial charge is 0.246 e. The lowest BCUT2D eigenvalue weighted by atomic mass is 9.85. The van der Waals surface area contributed by atoms with Gasteiger partial charge in [-0.1, -0.05) is 6.42 Å². The number of hydroxylamine groups is 1. The summed E-state index contributed by atoms with van der Waals surface area (Å²) >= 11 is 0. The summed E-state index contributed by atoms with van der Waals surface area (Å²) in [6.45, 7) is 0. The van der Waals surface area contributed by atoms with Crippen LogP contribution in [0.25, 0.3) is 0 Å². The van der Waals surface area contributed by atoms with Gasteiger partial charge in [0.1, 0.15) is 0 Å². The molecule has 0 aromatic carbocycles. The van der Waals surface area contributed by atoms with Gasteiger partial charge in [0.2, 0.25) is 5.91 Å². The Bertz CT molecular complexity index is 221. The van der Waals surface area contributed by atoms with Crippen LogP contribution in [0.2, 0.25) is 0 Å². The van der Waals surface area contributed by atoms with Crippen molar-refractivity contribution in [2.45, 2.75) is 57.1 Å². The van der Waals surface area contributed by atoms with Gasteiger partial charge in [0.25, 0.3) is 0 Å². The van der Waals surface area contributed by atoms with E-state index in [4.69, 9.17) is 10.6 Å². The number of rotatable bonds is 3. The minimum absolute atomic E-state index is 0.0659. The highest BCUT2D eigenvalue weighted by Gasteiger charge is 2.26. The summed E-state index contributed by atoms with van der Waals surface area (Å²) in [5.74, 6) is 0.270. The summed E-state index contributed by atoms with van der Waals surface area (Å²) < 4.78 is 0. The van der Waals surface area contributed by atoms with Crippen molar-refractivity contribution in [1.82, 2.24) is 5.48 Å². The minimum atomic E-state index is 0.0659. The average Bonchev–Trinajstić information content (AvgIpc) is 2.14. The van der Waals surface area contributed by atoms with E-state index in [1.807, 2.05) is 0 Å². The summed E-state index contributed by atoms with van der Waals surface area (Å²) in [5, 5.41) is 0. The molecule has 0 heterocycles. The zero-order valence-corrected chi connectivity index (χ0v) is 9.08. The van der Waals surface area contributed by atoms with E-state index in [1.54, 1.807) is 0 Å². The van der Waals surface area contributed by atoms with Crippen molar-refractivity contribution < 1.29 is 9.63 Å². The molecule has 0 radical (unpaired) electrons. The van der Waals surface area contributed by atoms with Gasteiger partial charge in [0, 0.05) is 12.0 Å². The third kappa shape index (κ3) is 2.92. The fourth-order valence-electron chi connectivity index (χ4n) is 2.10. The van der Waals surface area contributed by atoms with Gasteiger partial charge >= 0.3 is 0 Å². The highest BCUT2D eigenvalue weighted by atomic mass is 16.7. The molecule has 86 valence electrons. The number of nitrogens with one attached hydrogen (secondary N) is 1. The molecule has 15 heavy (non-hydrogen) atoms. The number of nitrogens with two attached hydrogens (primary N) is 1. The van der Waals surface area contributed by atoms with E-state index in [9.17, 15) is 4.79 Å². The van der Waals surface area contributed by atoms with Gasteiger partial charge in [-0.05, 0) is 38.5 Å². The molecule has 0 saturated heterocycles. The zero-order chi connectivity index (χ0) is 10.7. The Morgan fingerprint density at radius 1 is 1.13 bits per heavy atom. The molecule has 1 amide bonds. The van der Waals surface area contributed by atoms with Crippen LogP contribution in [0.4, 0.5) is 0 Å². The number of amides is 1. The van der Waals surface area contributed by atoms with E-state index >= 15 is 0 Å². The number of hydrogen-bond acceptors (Lipinski definition) is 3. The average molecular weight is 212 g/mol. The van der Waals surface area contributed by atoms with E-state index < -0.39 is 0 Å². The Hall–Kier alpha value is -0.610. The maximum Gasteiger partial charge on any atom is 0.246 e. The lowest BCUT2D eigenvalue weighted by Gasteiger charge is -2.28. The number of carbonyl (C=O) groups is 1. The lowest BCUT2D eigenvalue weighted by molar-refractivity contribution is -0.146. The molecule has 0 unspecified atom stereocenters. The predicted octanol–water partition coefficient (Wildman–Crippen LogP) is 1.10. The Balaban J connectivity index is 1.62. The molecule has 2 fully saturated rings. The molecule has 2 rings (SSSR count). The van der Waals surface area contributed by atoms with Crippen LogP contribution in [0.3, 0.4) is 0 Å². The lowest BCUT2D eigenvalue weighted by Crippen LogP contribution is -2.39. The van der Waals surface area contributed by atoms with E-state index in [2.05, 4.69) is 5.48 Å². The molecule has 2 aliphatic rings. The maximum absolute atomic E-state index is 11.5. The van der Waals surface area contributed by atoms with Crippen LogP contribution in [0, 0.1) is 5.92 Å². The molecule has 0 atom stereocenters. The quantitative estimate of drug-likeness (QED) is 0.689. The third-order valence-corrected chi connectivity index (χ3v) is 3.52. The summed E-state index contributed by atoms with van der Waals surface area (Å²) in [6.07, 6.45) is 7.33. The molecular formula is C11H20N2O2. The summed E-state index contributed by atoms with van der Waals surface area (Å²) in [5.41, 5.74) is 8.38. The maximum atomic E-state index is 11.5. The Labute approximate surface area is 90.5 Å². The molecule has 0 bridgehead atoms. The Kier molecular flexibility index (Phi) is 3.59. The SMILES string of the molecule is NC1CCC(ONC(=O)C2CCC2)CC1. The first-order valence-corrected chi connectivity index (χ1v) is 5.97. The molecule has 0 spiro atoms. The van der Waals surface area contributed by atoms with Gasteiger partial charge < -0.3 is 5.73 Å². The van der Waals surface area contributed by atoms with Crippen LogP contribution in [-0.4, -0.2) is 18.1 Å². The first-order chi connectivity index (χ1) is 7.25. The van der Waals surface area contributed by atoms with E-state index in [0.29, 0.717) is 6.04 Å². The molecule has 4 heteroatoms. The van der Waals surface area contributed by atoms with Gasteiger partial charge in [-0.25, -0.2) is 5.48 Å². The van der Waals surface area contributed by atoms with Gasteiger partial charge in [0.15, 0.2) is 0 Å². The van der Waals surface area contributed by atoms with E-state index in [0.717, 1.165) is 38.5 Å². The van der Waals surface area contributed by atoms with Gasteiger partial charge in [0.05, 0.1) is 6.10 Å². The molecule has 2 saturated carbocycles. The van der Waals surface area contributed by atoms with Crippen molar-refractivity contribution in [1.29, 1.82) is 0 Å². The van der Waals surface area contributed by atoms with E-state index in [-0.39, 0.29) is 17.9 Å². The first-order valence-electron chi connectivity index (χ1n) is 5.97. The second kappa shape index (κ2) is 4.94. The van der Waals surface area contributed by atoms with Crippen LogP contribution in [-0.2, 0) is 9.63 Å². The van der Waals surface area contributed by atoms with Crippen molar-refractivity contribution in [3.63, 3.8) is 0 Å². The first kappa shape index (κ1) is 10.9. The topological polar surface area (TPSA) is 64.3 Å². The standard InChI is InChI=1S/C11H20N2O2/c12-9-4-6-10(7-5-9)15-13-11(14)8-2-1-3-8/h8-10H,1-7,12H2,(H,13,14). The molecule has 3 N–H and O–H groups in total. The van der Waals surface area contributed by atoms with Gasteiger partial charge in [-0.2, -0.15) is 0 Å². The normalized spacial score (nSPS) is 32.1. The summed E-state index contributed by atoms with van der Waals surface area (Å²) in [6, 6.07) is 0.326. The molecule has 0 aliphatic heterocycles. The summed E-state index contributed by atoms with van der Waals surface area (Å²) in [7, 11) is 0. The van der Waals surface area contributed by atoms with Crippen LogP contribution in [0.15, 0.2) is 0 Å². The van der Waals surface area contributed by atoms with Crippen LogP contribution in [0.5, 0.6) is 0 Å². The number of carbonyl (C=O) groups excluding carboxylic acids is 1. The molecular weight excluding hydrogens is 192 g/mol. The fourth-order valence-corrected chi connectivity index (χ4v) is 2.10. The molecule has 4 nitrogen and oxygen atoms in total. The Morgan fingerprint density at radius 3 is 2.33 bits per heavy atom. The second-order valence-electron chi connectivity index (χ2n) is 4.75.